The van der Waals surface area contributed by atoms with Gasteiger partial charge in [0.25, 0.3) is 0 Å². The third-order valence-electron chi connectivity index (χ3n) is 5.38. The summed E-state index contributed by atoms with van der Waals surface area (Å²) in [6.45, 7) is 10.5. The Balaban J connectivity index is 2.24. The molecule has 0 amide bonds. The highest BCUT2D eigenvalue weighted by Crippen LogP contribution is 2.49. The highest BCUT2D eigenvalue weighted by molar-refractivity contribution is 5.72. The highest BCUT2D eigenvalue weighted by Gasteiger charge is 2.32. The summed E-state index contributed by atoms with van der Waals surface area (Å²) in [5, 5.41) is 10.9. The first kappa shape index (κ1) is 17.7. The number of phenolic OH excluding ortho intramolecular Hbond substituents is 1. The van der Waals surface area contributed by atoms with Crippen LogP contribution in [0.3, 0.4) is 0 Å². The van der Waals surface area contributed by atoms with Crippen LogP contribution in [0.5, 0.6) is 17.2 Å². The SMILES string of the molecule is C=C(C)[C@@H]1CC/C(C)=C\CC[C@]2(C)C=Cc3c(cc(OC)c(O)c31)O2. The Bertz CT molecular complexity index is 757. The Kier molecular flexibility index (Phi) is 4.68. The van der Waals surface area contributed by atoms with E-state index >= 15 is 0 Å². The average Bonchev–Trinajstić information content (AvgIpc) is 2.55. The van der Waals surface area contributed by atoms with Gasteiger partial charge in [-0.05, 0) is 52.5 Å². The molecule has 1 N–H and O–H groups in total. The number of allylic oxidation sites excluding steroid dienone is 3. The molecule has 4 bridgehead atoms. The van der Waals surface area contributed by atoms with E-state index in [0.29, 0.717) is 5.75 Å². The van der Waals surface area contributed by atoms with Crippen LogP contribution >= 0.6 is 0 Å². The fraction of sp³-hybridized carbons (Fsp3) is 0.455. The van der Waals surface area contributed by atoms with Crippen molar-refractivity contribution in [2.45, 2.75) is 58.0 Å². The second-order valence-electron chi connectivity index (χ2n) is 7.53. The van der Waals surface area contributed by atoms with Crippen LogP contribution in [0.25, 0.3) is 6.08 Å². The fourth-order valence-corrected chi connectivity index (χ4v) is 3.82. The zero-order valence-electron chi connectivity index (χ0n) is 15.7. The van der Waals surface area contributed by atoms with Crippen molar-refractivity contribution in [3.8, 4) is 17.2 Å². The second-order valence-corrected chi connectivity index (χ2v) is 7.53. The second kappa shape index (κ2) is 6.62. The molecule has 0 spiro atoms. The molecule has 0 saturated heterocycles. The lowest BCUT2D eigenvalue weighted by Crippen LogP contribution is -2.32. The zero-order valence-corrected chi connectivity index (χ0v) is 15.7. The van der Waals surface area contributed by atoms with Gasteiger partial charge in [0.1, 0.15) is 11.4 Å². The quantitative estimate of drug-likeness (QED) is 0.697. The van der Waals surface area contributed by atoms with E-state index in [2.05, 4.69) is 38.7 Å². The van der Waals surface area contributed by atoms with Crippen molar-refractivity contribution in [1.82, 2.24) is 0 Å². The zero-order chi connectivity index (χ0) is 18.2. The van der Waals surface area contributed by atoms with Gasteiger partial charge in [0, 0.05) is 23.1 Å². The number of phenols is 1. The molecule has 2 aliphatic heterocycles. The predicted molar refractivity (Wildman–Crippen MR) is 103 cm³/mol. The fourth-order valence-electron chi connectivity index (χ4n) is 3.82. The maximum atomic E-state index is 10.9. The van der Waals surface area contributed by atoms with Gasteiger partial charge in [-0.3, -0.25) is 0 Å². The van der Waals surface area contributed by atoms with Crippen LogP contribution in [-0.2, 0) is 0 Å². The summed E-state index contributed by atoms with van der Waals surface area (Å²) in [5.74, 6) is 1.50. The molecular weight excluding hydrogens is 312 g/mol. The van der Waals surface area contributed by atoms with E-state index in [4.69, 9.17) is 9.47 Å². The molecule has 25 heavy (non-hydrogen) atoms. The first-order valence-corrected chi connectivity index (χ1v) is 8.98. The topological polar surface area (TPSA) is 38.7 Å². The maximum Gasteiger partial charge on any atom is 0.164 e. The lowest BCUT2D eigenvalue weighted by molar-refractivity contribution is 0.127. The lowest BCUT2D eigenvalue weighted by atomic mass is 9.81. The van der Waals surface area contributed by atoms with Gasteiger partial charge < -0.3 is 14.6 Å². The summed E-state index contributed by atoms with van der Waals surface area (Å²) < 4.78 is 11.8. The third kappa shape index (κ3) is 3.33. The van der Waals surface area contributed by atoms with Gasteiger partial charge in [-0.25, -0.2) is 0 Å². The van der Waals surface area contributed by atoms with E-state index in [1.807, 2.05) is 6.92 Å². The van der Waals surface area contributed by atoms with Gasteiger partial charge in [0.2, 0.25) is 0 Å². The molecule has 3 heteroatoms. The van der Waals surface area contributed by atoms with E-state index in [1.165, 1.54) is 5.57 Å². The van der Waals surface area contributed by atoms with Crippen molar-refractivity contribution in [3.05, 3.63) is 47.1 Å². The van der Waals surface area contributed by atoms with Crippen molar-refractivity contribution in [2.24, 2.45) is 0 Å². The molecule has 0 aromatic heterocycles. The molecule has 1 aromatic carbocycles. The first-order valence-electron chi connectivity index (χ1n) is 8.98. The van der Waals surface area contributed by atoms with Crippen LogP contribution < -0.4 is 9.47 Å². The van der Waals surface area contributed by atoms with E-state index in [9.17, 15) is 5.11 Å². The van der Waals surface area contributed by atoms with Gasteiger partial charge >= 0.3 is 0 Å². The Morgan fingerprint density at radius 1 is 1.44 bits per heavy atom. The smallest absolute Gasteiger partial charge is 0.164 e. The molecule has 3 aliphatic rings. The number of hydrogen-bond donors (Lipinski definition) is 1. The number of hydrogen-bond acceptors (Lipinski definition) is 3. The largest absolute Gasteiger partial charge is 0.504 e. The number of benzene rings is 1. The first-order chi connectivity index (χ1) is 11.8. The van der Waals surface area contributed by atoms with E-state index < -0.39 is 0 Å². The van der Waals surface area contributed by atoms with Crippen molar-refractivity contribution in [2.75, 3.05) is 7.11 Å². The number of ether oxygens (including phenoxy) is 2. The minimum atomic E-state index is -0.346. The Hall–Kier alpha value is -2.16. The van der Waals surface area contributed by atoms with Crippen LogP contribution in [0.15, 0.2) is 35.9 Å². The Morgan fingerprint density at radius 2 is 2.20 bits per heavy atom. The molecule has 0 fully saturated rings. The van der Waals surface area contributed by atoms with Crippen LogP contribution in [-0.4, -0.2) is 17.8 Å². The molecule has 0 saturated carbocycles. The summed E-state index contributed by atoms with van der Waals surface area (Å²) in [6, 6.07) is 1.80. The monoisotopic (exact) mass is 340 g/mol. The van der Waals surface area contributed by atoms with E-state index in [-0.39, 0.29) is 17.3 Å². The Labute approximate surface area is 150 Å². The molecule has 2 atom stereocenters. The average molecular weight is 340 g/mol. The molecule has 2 heterocycles. The minimum absolute atomic E-state index is 0.0595. The van der Waals surface area contributed by atoms with Crippen molar-refractivity contribution in [1.29, 1.82) is 0 Å². The van der Waals surface area contributed by atoms with Gasteiger partial charge in [-0.2, -0.15) is 0 Å². The maximum absolute atomic E-state index is 10.9. The summed E-state index contributed by atoms with van der Waals surface area (Å²) >= 11 is 0. The molecule has 0 unspecified atom stereocenters. The van der Waals surface area contributed by atoms with Crippen molar-refractivity contribution < 1.29 is 14.6 Å². The number of fused-ring (bicyclic) bond motifs is 5. The van der Waals surface area contributed by atoms with Crippen LogP contribution in [0.2, 0.25) is 0 Å². The molecule has 3 nitrogen and oxygen atoms in total. The summed E-state index contributed by atoms with van der Waals surface area (Å²) in [6.07, 6.45) is 10.3. The number of rotatable bonds is 2. The summed E-state index contributed by atoms with van der Waals surface area (Å²) in [7, 11) is 1.58. The van der Waals surface area contributed by atoms with Gasteiger partial charge in [0.15, 0.2) is 11.5 Å². The highest BCUT2D eigenvalue weighted by atomic mass is 16.5. The van der Waals surface area contributed by atoms with E-state index in [1.54, 1.807) is 13.2 Å². The van der Waals surface area contributed by atoms with Crippen molar-refractivity contribution in [3.63, 3.8) is 0 Å². The standard InChI is InChI=1S/C22H28O3/c1-14(2)16-9-8-15(3)7-6-11-22(4)12-10-17-18(25-22)13-19(24-5)21(23)20(16)17/h7,10,12-13,16,23H,1,6,8-9,11H2,2-5H3/b15-7-/t16-,22+/m0/s1. The van der Waals surface area contributed by atoms with Crippen LogP contribution in [0.1, 0.15) is 63.5 Å². The van der Waals surface area contributed by atoms with Crippen LogP contribution in [0, 0.1) is 0 Å². The van der Waals surface area contributed by atoms with Gasteiger partial charge in [0.05, 0.1) is 7.11 Å². The van der Waals surface area contributed by atoms with Crippen LogP contribution in [0.4, 0.5) is 0 Å². The molecular formula is C22H28O3. The lowest BCUT2D eigenvalue weighted by Gasteiger charge is -2.34. The summed E-state index contributed by atoms with van der Waals surface area (Å²) in [5.41, 5.74) is 3.89. The third-order valence-corrected chi connectivity index (χ3v) is 5.38. The summed E-state index contributed by atoms with van der Waals surface area (Å²) in [4.78, 5) is 0. The molecule has 1 aliphatic carbocycles. The van der Waals surface area contributed by atoms with E-state index in [0.717, 1.165) is 48.1 Å². The Morgan fingerprint density at radius 3 is 2.88 bits per heavy atom. The van der Waals surface area contributed by atoms with Gasteiger partial charge in [-0.15, -0.1) is 0 Å². The predicted octanol–water partition coefficient (Wildman–Crippen LogP) is 5.75. The van der Waals surface area contributed by atoms with Gasteiger partial charge in [-0.1, -0.05) is 29.9 Å². The molecule has 4 rings (SSSR count). The normalized spacial score (nSPS) is 27.5. The molecule has 0 radical (unpaired) electrons. The number of aromatic hydroxyl groups is 1. The van der Waals surface area contributed by atoms with Crippen molar-refractivity contribution >= 4 is 6.08 Å². The molecule has 1 aromatic rings. The molecule has 134 valence electrons. The minimum Gasteiger partial charge on any atom is -0.504 e. The number of methoxy groups -OCH3 is 1.